The zero-order chi connectivity index (χ0) is 25.7. The summed E-state index contributed by atoms with van der Waals surface area (Å²) in [5.74, 6) is -2.11. The first-order valence-corrected chi connectivity index (χ1v) is 13.8. The molecule has 0 aliphatic heterocycles. The number of unbranched alkanes of at least 4 members (excludes halogenated alkanes) is 15. The van der Waals surface area contributed by atoms with Crippen LogP contribution in [-0.4, -0.2) is 29.5 Å². The first kappa shape index (κ1) is 39.3. The smallest absolute Gasteiger partial charge is 0.548 e. The molecule has 0 fully saturated rings. The number of allylic oxidation sites excluding steroid dienone is 2. The molecule has 0 spiro atoms. The quantitative estimate of drug-likeness (QED) is 0.122. The van der Waals surface area contributed by atoms with Gasteiger partial charge in [0, 0.05) is 12.8 Å². The Morgan fingerprint density at radius 1 is 0.657 bits per heavy atom. The van der Waals surface area contributed by atoms with Gasteiger partial charge in [0.2, 0.25) is 5.91 Å². The average molecular weight is 522 g/mol. The van der Waals surface area contributed by atoms with Gasteiger partial charge in [0.05, 0.1) is 12.5 Å². The topological polar surface area (TPSA) is 107 Å². The third-order valence-electron chi connectivity index (χ3n) is 5.59. The molecule has 2 N–H and O–H groups in total. The van der Waals surface area contributed by atoms with Crippen molar-refractivity contribution in [1.82, 2.24) is 5.32 Å². The summed E-state index contributed by atoms with van der Waals surface area (Å²) in [5, 5.41) is 20.8. The molecule has 6 nitrogen and oxygen atoms in total. The maximum absolute atomic E-state index is 11.0. The van der Waals surface area contributed by atoms with Crippen molar-refractivity contribution in [1.29, 1.82) is 0 Å². The van der Waals surface area contributed by atoms with Gasteiger partial charge in [-0.2, -0.15) is 0 Å². The number of hydrogen-bond acceptors (Lipinski definition) is 4. The number of carboxylic acid groups (broad SMARTS) is 2. The van der Waals surface area contributed by atoms with Crippen LogP contribution in [0.1, 0.15) is 142 Å². The SMILES string of the molecule is CCCCCCCC(=O)NCC(=O)[O-].CCCCCCCC/C=C/CCCCCCCC(=O)O.[K+]. The zero-order valence-corrected chi connectivity index (χ0v) is 26.2. The molecule has 0 bridgehead atoms. The summed E-state index contributed by atoms with van der Waals surface area (Å²) < 4.78 is 0. The average Bonchev–Trinajstić information content (AvgIpc) is 2.80. The maximum Gasteiger partial charge on any atom is 1.00 e. The van der Waals surface area contributed by atoms with Crippen LogP contribution in [0.25, 0.3) is 0 Å². The third-order valence-corrected chi connectivity index (χ3v) is 5.59. The van der Waals surface area contributed by atoms with Gasteiger partial charge in [0.1, 0.15) is 0 Å². The molecule has 0 aromatic rings. The molecule has 0 atom stereocenters. The van der Waals surface area contributed by atoms with E-state index < -0.39 is 11.9 Å². The van der Waals surface area contributed by atoms with Crippen molar-refractivity contribution < 1.29 is 76.0 Å². The summed E-state index contributed by atoms with van der Waals surface area (Å²) >= 11 is 0. The van der Waals surface area contributed by atoms with Gasteiger partial charge in [0.15, 0.2) is 0 Å². The summed E-state index contributed by atoms with van der Waals surface area (Å²) in [6.07, 6.45) is 27.0. The Hall–Kier alpha value is -0.214. The van der Waals surface area contributed by atoms with Gasteiger partial charge in [-0.05, 0) is 38.5 Å². The van der Waals surface area contributed by atoms with Crippen LogP contribution in [0, 0.1) is 0 Å². The molecule has 0 saturated carbocycles. The van der Waals surface area contributed by atoms with Crippen molar-refractivity contribution in [3.63, 3.8) is 0 Å². The Balaban J connectivity index is -0.000000603. The summed E-state index contributed by atoms with van der Waals surface area (Å²) in [4.78, 5) is 31.3. The van der Waals surface area contributed by atoms with Crippen LogP contribution >= 0.6 is 0 Å². The Labute approximate surface area is 257 Å². The minimum atomic E-state index is -1.25. The number of carboxylic acids is 2. The summed E-state index contributed by atoms with van der Waals surface area (Å²) in [6.45, 7) is 4.01. The van der Waals surface area contributed by atoms with Gasteiger partial charge in [-0.25, -0.2) is 0 Å². The second-order valence-electron chi connectivity index (χ2n) is 9.04. The number of rotatable bonds is 23. The molecule has 0 unspecified atom stereocenters. The normalized spacial score (nSPS) is 10.3. The van der Waals surface area contributed by atoms with Gasteiger partial charge in [-0.15, -0.1) is 0 Å². The third kappa shape index (κ3) is 41.2. The minimum absolute atomic E-state index is 0. The predicted molar refractivity (Wildman–Crippen MR) is 138 cm³/mol. The standard InChI is InChI=1S/C18H34O2.C10H19NO3.K/c1-2-3-4-5-6-7-8-9-10-11-12-13-14-15-16-17-18(19)20;1-2-3-4-5-6-7-9(12)11-8-10(13)14;/h9-10H,2-8,11-17H2,1H3,(H,19,20);2-8H2,1H3,(H,11,12)(H,13,14);/q;;+1/p-1/b10-9+;;. The number of amides is 1. The Morgan fingerprint density at radius 3 is 1.49 bits per heavy atom. The van der Waals surface area contributed by atoms with E-state index in [-0.39, 0.29) is 63.8 Å². The van der Waals surface area contributed by atoms with E-state index in [2.05, 4.69) is 31.3 Å². The van der Waals surface area contributed by atoms with Gasteiger partial charge < -0.3 is 20.3 Å². The molecule has 35 heavy (non-hydrogen) atoms. The van der Waals surface area contributed by atoms with Crippen LogP contribution in [0.15, 0.2) is 12.2 Å². The first-order valence-electron chi connectivity index (χ1n) is 13.8. The number of aliphatic carboxylic acids is 2. The van der Waals surface area contributed by atoms with Crippen molar-refractivity contribution >= 4 is 17.8 Å². The fourth-order valence-electron chi connectivity index (χ4n) is 3.50. The van der Waals surface area contributed by atoms with E-state index in [4.69, 9.17) is 5.11 Å². The largest absolute Gasteiger partial charge is 1.00 e. The molecule has 0 heterocycles. The molecule has 0 saturated heterocycles. The first-order chi connectivity index (χ1) is 16.4. The predicted octanol–water partition coefficient (Wildman–Crippen LogP) is 3.33. The Morgan fingerprint density at radius 2 is 1.06 bits per heavy atom. The fraction of sp³-hybridized carbons (Fsp3) is 0.821. The monoisotopic (exact) mass is 521 g/mol. The molecule has 0 aromatic carbocycles. The molecule has 0 aliphatic rings. The van der Waals surface area contributed by atoms with Crippen molar-refractivity contribution in [3.05, 3.63) is 12.2 Å². The summed E-state index contributed by atoms with van der Waals surface area (Å²) in [5.41, 5.74) is 0. The molecule has 200 valence electrons. The maximum atomic E-state index is 11.0. The molecular weight excluding hydrogens is 469 g/mol. The molecule has 0 aliphatic carbocycles. The van der Waals surface area contributed by atoms with E-state index >= 15 is 0 Å². The summed E-state index contributed by atoms with van der Waals surface area (Å²) in [7, 11) is 0. The molecule has 7 heteroatoms. The molecule has 0 aromatic heterocycles. The van der Waals surface area contributed by atoms with Crippen molar-refractivity contribution in [3.8, 4) is 0 Å². The van der Waals surface area contributed by atoms with E-state index in [1.807, 2.05) is 0 Å². The van der Waals surface area contributed by atoms with Gasteiger partial charge >= 0.3 is 57.4 Å². The number of nitrogens with one attached hydrogen (secondary N) is 1. The van der Waals surface area contributed by atoms with Crippen LogP contribution in [-0.2, 0) is 14.4 Å². The van der Waals surface area contributed by atoms with Crippen molar-refractivity contribution in [2.75, 3.05) is 6.54 Å². The zero-order valence-electron chi connectivity index (χ0n) is 23.1. The number of carbonyl (C=O) groups is 3. The van der Waals surface area contributed by atoms with Crippen molar-refractivity contribution in [2.45, 2.75) is 142 Å². The molecular formula is C28H52KNO5. The van der Waals surface area contributed by atoms with Gasteiger partial charge in [0.25, 0.3) is 0 Å². The molecule has 1 amide bonds. The van der Waals surface area contributed by atoms with E-state index in [1.54, 1.807) is 0 Å². The van der Waals surface area contributed by atoms with Crippen LogP contribution < -0.4 is 61.8 Å². The van der Waals surface area contributed by atoms with Gasteiger partial charge in [-0.1, -0.05) is 103 Å². The minimum Gasteiger partial charge on any atom is -0.548 e. The number of carbonyl (C=O) groups excluding carboxylic acids is 2. The summed E-state index contributed by atoms with van der Waals surface area (Å²) in [6, 6.07) is 0. The van der Waals surface area contributed by atoms with Crippen LogP contribution in [0.2, 0.25) is 0 Å². The van der Waals surface area contributed by atoms with Gasteiger partial charge in [-0.3, -0.25) is 9.59 Å². The number of hydrogen-bond donors (Lipinski definition) is 2. The van der Waals surface area contributed by atoms with E-state index in [0.29, 0.717) is 12.8 Å². The Bertz CT molecular complexity index is 512. The van der Waals surface area contributed by atoms with E-state index in [0.717, 1.165) is 32.1 Å². The Kier molecular flexibility index (Phi) is 37.9. The van der Waals surface area contributed by atoms with E-state index in [1.165, 1.54) is 83.5 Å². The van der Waals surface area contributed by atoms with Crippen LogP contribution in [0.5, 0.6) is 0 Å². The van der Waals surface area contributed by atoms with Crippen LogP contribution in [0.3, 0.4) is 0 Å². The second kappa shape index (κ2) is 33.8. The second-order valence-corrected chi connectivity index (χ2v) is 9.04. The van der Waals surface area contributed by atoms with Crippen LogP contribution in [0.4, 0.5) is 0 Å². The van der Waals surface area contributed by atoms with Crippen molar-refractivity contribution in [2.24, 2.45) is 0 Å². The van der Waals surface area contributed by atoms with E-state index in [9.17, 15) is 19.5 Å². The molecule has 0 rings (SSSR count). The fourth-order valence-corrected chi connectivity index (χ4v) is 3.50. The molecule has 0 radical (unpaired) electrons.